The monoisotopic (exact) mass is 281 g/mol. The van der Waals surface area contributed by atoms with Crippen molar-refractivity contribution in [3.8, 4) is 0 Å². The lowest BCUT2D eigenvalue weighted by Gasteiger charge is -2.22. The quantitative estimate of drug-likeness (QED) is 0.702. The molecule has 3 nitrogen and oxygen atoms in total. The van der Waals surface area contributed by atoms with Crippen LogP contribution in [0.25, 0.3) is 0 Å². The van der Waals surface area contributed by atoms with Crippen molar-refractivity contribution in [1.29, 1.82) is 0 Å². The maximum atomic E-state index is 13.9. The van der Waals surface area contributed by atoms with Gasteiger partial charge >= 0.3 is 0 Å². The van der Waals surface area contributed by atoms with Gasteiger partial charge in [-0.15, -0.1) is 0 Å². The smallest absolute Gasteiger partial charge is 0.146 e. The Balaban J connectivity index is 2.52. The molecule has 0 fully saturated rings. The minimum atomic E-state index is -0.134. The molecule has 1 rings (SSSR count). The number of hydrogen-bond donors (Lipinski definition) is 1. The van der Waals surface area contributed by atoms with Gasteiger partial charge in [0.15, 0.2) is 0 Å². The van der Waals surface area contributed by atoms with Gasteiger partial charge in [0.1, 0.15) is 5.82 Å². The summed E-state index contributed by atoms with van der Waals surface area (Å²) in [6.45, 7) is 8.61. The SMILES string of the molecule is CCN(CC)c1cc(CNCCCN(C)C)ccc1F. The predicted octanol–water partition coefficient (Wildman–Crippen LogP) is 2.71. The van der Waals surface area contributed by atoms with E-state index in [2.05, 4.69) is 38.2 Å². The molecule has 0 unspecified atom stereocenters. The van der Waals surface area contributed by atoms with Crippen molar-refractivity contribution in [2.75, 3.05) is 45.2 Å². The molecule has 20 heavy (non-hydrogen) atoms. The Hall–Kier alpha value is -1.13. The summed E-state index contributed by atoms with van der Waals surface area (Å²) in [5.41, 5.74) is 1.85. The normalized spacial score (nSPS) is 11.1. The van der Waals surface area contributed by atoms with E-state index in [0.717, 1.165) is 44.7 Å². The fourth-order valence-electron chi connectivity index (χ4n) is 2.23. The maximum Gasteiger partial charge on any atom is 0.146 e. The van der Waals surface area contributed by atoms with Gasteiger partial charge in [-0.25, -0.2) is 4.39 Å². The third-order valence-electron chi connectivity index (χ3n) is 3.40. The van der Waals surface area contributed by atoms with E-state index < -0.39 is 0 Å². The molecule has 0 saturated heterocycles. The van der Waals surface area contributed by atoms with Gasteiger partial charge in [0.05, 0.1) is 5.69 Å². The fourth-order valence-corrected chi connectivity index (χ4v) is 2.23. The Morgan fingerprint density at radius 3 is 2.45 bits per heavy atom. The summed E-state index contributed by atoms with van der Waals surface area (Å²) in [6, 6.07) is 5.40. The topological polar surface area (TPSA) is 18.5 Å². The number of nitrogens with one attached hydrogen (secondary N) is 1. The molecule has 0 radical (unpaired) electrons. The standard InChI is InChI=1S/C16H28FN3/c1-5-20(6-2)16-12-14(8-9-15(16)17)13-18-10-7-11-19(3)4/h8-9,12,18H,5-7,10-11,13H2,1-4H3. The Kier molecular flexibility index (Phi) is 7.55. The van der Waals surface area contributed by atoms with E-state index >= 15 is 0 Å². The third kappa shape index (κ3) is 5.47. The summed E-state index contributed by atoms with van der Waals surface area (Å²) in [5.74, 6) is -0.134. The van der Waals surface area contributed by atoms with Crippen LogP contribution in [0.2, 0.25) is 0 Å². The summed E-state index contributed by atoms with van der Waals surface area (Å²) in [5, 5.41) is 3.41. The van der Waals surface area contributed by atoms with E-state index in [1.165, 1.54) is 0 Å². The average molecular weight is 281 g/mol. The first kappa shape index (κ1) is 16.9. The lowest BCUT2D eigenvalue weighted by Crippen LogP contribution is -2.24. The Morgan fingerprint density at radius 2 is 1.85 bits per heavy atom. The van der Waals surface area contributed by atoms with E-state index in [9.17, 15) is 4.39 Å². The zero-order valence-electron chi connectivity index (χ0n) is 13.2. The lowest BCUT2D eigenvalue weighted by atomic mass is 10.1. The van der Waals surface area contributed by atoms with E-state index in [1.54, 1.807) is 6.07 Å². The molecule has 0 aromatic heterocycles. The Labute approximate surface area is 122 Å². The minimum Gasteiger partial charge on any atom is -0.370 e. The number of hydrogen-bond acceptors (Lipinski definition) is 3. The van der Waals surface area contributed by atoms with Crippen molar-refractivity contribution in [2.45, 2.75) is 26.8 Å². The minimum absolute atomic E-state index is 0.134. The molecular formula is C16H28FN3. The van der Waals surface area contributed by atoms with Gasteiger partial charge in [-0.1, -0.05) is 6.07 Å². The zero-order valence-corrected chi connectivity index (χ0v) is 13.2. The van der Waals surface area contributed by atoms with Crippen LogP contribution in [0.4, 0.5) is 10.1 Å². The fraction of sp³-hybridized carbons (Fsp3) is 0.625. The van der Waals surface area contributed by atoms with Crippen molar-refractivity contribution in [3.05, 3.63) is 29.6 Å². The number of halogens is 1. The molecule has 0 aliphatic carbocycles. The van der Waals surface area contributed by atoms with Crippen molar-refractivity contribution in [3.63, 3.8) is 0 Å². The molecule has 0 amide bonds. The molecule has 0 heterocycles. The van der Waals surface area contributed by atoms with Crippen LogP contribution in [-0.4, -0.2) is 45.2 Å². The highest BCUT2D eigenvalue weighted by atomic mass is 19.1. The van der Waals surface area contributed by atoms with Crippen LogP contribution >= 0.6 is 0 Å². The van der Waals surface area contributed by atoms with Crippen molar-refractivity contribution in [2.24, 2.45) is 0 Å². The number of rotatable bonds is 9. The van der Waals surface area contributed by atoms with E-state index in [0.29, 0.717) is 5.69 Å². The van der Waals surface area contributed by atoms with E-state index in [1.807, 2.05) is 17.0 Å². The van der Waals surface area contributed by atoms with Crippen LogP contribution in [0.5, 0.6) is 0 Å². The Morgan fingerprint density at radius 1 is 1.15 bits per heavy atom. The molecule has 0 aliphatic heterocycles. The largest absolute Gasteiger partial charge is 0.370 e. The average Bonchev–Trinajstić information content (AvgIpc) is 2.42. The number of benzene rings is 1. The van der Waals surface area contributed by atoms with Crippen molar-refractivity contribution in [1.82, 2.24) is 10.2 Å². The summed E-state index contributed by atoms with van der Waals surface area (Å²) in [4.78, 5) is 4.23. The van der Waals surface area contributed by atoms with E-state index in [4.69, 9.17) is 0 Å². The highest BCUT2D eigenvalue weighted by Gasteiger charge is 2.09. The zero-order chi connectivity index (χ0) is 15.0. The molecule has 114 valence electrons. The summed E-state index contributed by atoms with van der Waals surface area (Å²) >= 11 is 0. The van der Waals surface area contributed by atoms with Gasteiger partial charge in [0.2, 0.25) is 0 Å². The number of anilines is 1. The molecule has 0 spiro atoms. The van der Waals surface area contributed by atoms with Crippen LogP contribution in [0.3, 0.4) is 0 Å². The highest BCUT2D eigenvalue weighted by molar-refractivity contribution is 5.49. The first-order chi connectivity index (χ1) is 9.58. The lowest BCUT2D eigenvalue weighted by molar-refractivity contribution is 0.394. The Bertz CT molecular complexity index is 389. The van der Waals surface area contributed by atoms with Gasteiger partial charge in [-0.3, -0.25) is 0 Å². The highest BCUT2D eigenvalue weighted by Crippen LogP contribution is 2.20. The van der Waals surface area contributed by atoms with E-state index in [-0.39, 0.29) is 5.82 Å². The molecule has 0 bridgehead atoms. The summed E-state index contributed by atoms with van der Waals surface area (Å²) in [7, 11) is 4.16. The van der Waals surface area contributed by atoms with Crippen LogP contribution in [-0.2, 0) is 6.54 Å². The summed E-state index contributed by atoms with van der Waals surface area (Å²) < 4.78 is 13.9. The molecule has 1 N–H and O–H groups in total. The van der Waals surface area contributed by atoms with Crippen molar-refractivity contribution >= 4 is 5.69 Å². The molecule has 0 aliphatic rings. The molecule has 1 aromatic carbocycles. The third-order valence-corrected chi connectivity index (χ3v) is 3.40. The first-order valence-corrected chi connectivity index (χ1v) is 7.47. The summed E-state index contributed by atoms with van der Waals surface area (Å²) in [6.07, 6.45) is 1.12. The van der Waals surface area contributed by atoms with Crippen LogP contribution in [0.1, 0.15) is 25.8 Å². The van der Waals surface area contributed by atoms with Gasteiger partial charge in [-0.05, 0) is 65.1 Å². The van der Waals surface area contributed by atoms with Crippen LogP contribution < -0.4 is 10.2 Å². The number of nitrogens with zero attached hydrogens (tertiary/aromatic N) is 2. The molecular weight excluding hydrogens is 253 g/mol. The maximum absolute atomic E-state index is 13.9. The molecule has 4 heteroatoms. The second-order valence-electron chi connectivity index (χ2n) is 5.29. The van der Waals surface area contributed by atoms with Crippen LogP contribution in [0.15, 0.2) is 18.2 Å². The molecule has 0 atom stereocenters. The van der Waals surface area contributed by atoms with Gasteiger partial charge in [-0.2, -0.15) is 0 Å². The van der Waals surface area contributed by atoms with Gasteiger partial charge in [0, 0.05) is 19.6 Å². The second kappa shape index (κ2) is 8.93. The van der Waals surface area contributed by atoms with Gasteiger partial charge < -0.3 is 15.1 Å². The predicted molar refractivity (Wildman–Crippen MR) is 84.8 cm³/mol. The molecule has 1 aromatic rings. The second-order valence-corrected chi connectivity index (χ2v) is 5.29. The molecule has 0 saturated carbocycles. The van der Waals surface area contributed by atoms with Gasteiger partial charge in [0.25, 0.3) is 0 Å². The van der Waals surface area contributed by atoms with Crippen LogP contribution in [0, 0.1) is 5.82 Å². The van der Waals surface area contributed by atoms with Crippen molar-refractivity contribution < 1.29 is 4.39 Å². The first-order valence-electron chi connectivity index (χ1n) is 7.47.